The van der Waals surface area contributed by atoms with Gasteiger partial charge in [-0.05, 0) is 44.0 Å². The molecule has 0 saturated carbocycles. The van der Waals surface area contributed by atoms with Crippen LogP contribution in [0, 0.1) is 0 Å². The van der Waals surface area contributed by atoms with Crippen LogP contribution in [0.2, 0.25) is 0 Å². The van der Waals surface area contributed by atoms with E-state index in [9.17, 15) is 0 Å². The summed E-state index contributed by atoms with van der Waals surface area (Å²) in [7, 11) is 0. The van der Waals surface area contributed by atoms with Crippen molar-refractivity contribution in [3.63, 3.8) is 0 Å². The smallest absolute Gasteiger partial charge is 0.213 e. The molecule has 6 nitrogen and oxygen atoms in total. The molecule has 1 aliphatic heterocycles. The average Bonchev–Trinajstić information content (AvgIpc) is 3.21. The van der Waals surface area contributed by atoms with Gasteiger partial charge in [-0.3, -0.25) is 4.90 Å². The quantitative estimate of drug-likeness (QED) is 0.528. The number of hydrogen-bond acceptors (Lipinski definition) is 4. The second-order valence-electron chi connectivity index (χ2n) is 9.02. The molecule has 6 heteroatoms. The van der Waals surface area contributed by atoms with Gasteiger partial charge in [0.1, 0.15) is 5.76 Å². The van der Waals surface area contributed by atoms with E-state index >= 15 is 0 Å². The summed E-state index contributed by atoms with van der Waals surface area (Å²) < 4.78 is 5.88. The molecule has 2 heterocycles. The highest BCUT2D eigenvalue weighted by atomic mass is 16.4. The minimum atomic E-state index is -0.0398. The van der Waals surface area contributed by atoms with Gasteiger partial charge in [0.25, 0.3) is 0 Å². The van der Waals surface area contributed by atoms with Crippen molar-refractivity contribution in [1.82, 2.24) is 20.5 Å². The van der Waals surface area contributed by atoms with Crippen LogP contribution in [0.4, 0.5) is 0 Å². The second-order valence-corrected chi connectivity index (χ2v) is 9.02. The highest BCUT2D eigenvalue weighted by molar-refractivity contribution is 5.79. The van der Waals surface area contributed by atoms with E-state index in [1.807, 2.05) is 6.20 Å². The van der Waals surface area contributed by atoms with Crippen LogP contribution in [0.5, 0.6) is 0 Å². The van der Waals surface area contributed by atoms with Crippen molar-refractivity contribution < 1.29 is 4.42 Å². The maximum Gasteiger partial charge on any atom is 0.213 e. The Morgan fingerprint density at radius 2 is 1.83 bits per heavy atom. The lowest BCUT2D eigenvalue weighted by molar-refractivity contribution is 0.220. The molecule has 0 bridgehead atoms. The Kier molecular flexibility index (Phi) is 7.91. The lowest BCUT2D eigenvalue weighted by Crippen LogP contribution is -2.37. The molecular weight excluding hydrogens is 374 g/mol. The number of nitrogens with one attached hydrogen (secondary N) is 2. The molecule has 0 unspecified atom stereocenters. The van der Waals surface area contributed by atoms with E-state index in [2.05, 4.69) is 72.5 Å². The fourth-order valence-electron chi connectivity index (χ4n) is 3.63. The van der Waals surface area contributed by atoms with Gasteiger partial charge in [0.15, 0.2) is 5.96 Å². The number of guanidine groups is 1. The molecular formula is C24H37N5O. The van der Waals surface area contributed by atoms with Crippen molar-refractivity contribution in [2.24, 2.45) is 4.99 Å². The van der Waals surface area contributed by atoms with Crippen molar-refractivity contribution in [2.45, 2.75) is 72.0 Å². The third-order valence-corrected chi connectivity index (χ3v) is 5.41. The Labute approximate surface area is 181 Å². The van der Waals surface area contributed by atoms with Crippen LogP contribution in [0.1, 0.15) is 69.7 Å². The molecule has 2 aromatic rings. The summed E-state index contributed by atoms with van der Waals surface area (Å²) in [6.45, 7) is 13.8. The SMILES string of the molecule is CCNC(=NCc1ccccc1CN1CCCCC1)NCc1ncc(C(C)(C)C)o1. The number of likely N-dealkylation sites (tertiary alicyclic amines) is 1. The Morgan fingerprint density at radius 3 is 2.50 bits per heavy atom. The summed E-state index contributed by atoms with van der Waals surface area (Å²) in [4.78, 5) is 11.8. The molecule has 3 rings (SSSR count). The molecule has 0 radical (unpaired) electrons. The zero-order valence-electron chi connectivity index (χ0n) is 19.0. The topological polar surface area (TPSA) is 65.7 Å². The molecule has 164 valence electrons. The largest absolute Gasteiger partial charge is 0.443 e. The number of hydrogen-bond donors (Lipinski definition) is 2. The standard InChI is InChI=1S/C24H37N5O/c1-5-25-23(28-17-22-26-16-21(30-22)24(2,3)4)27-15-19-11-7-8-12-20(19)18-29-13-9-6-10-14-29/h7-8,11-12,16H,5-6,9-10,13-15,17-18H2,1-4H3,(H2,25,27,28). The number of aromatic nitrogens is 1. The average molecular weight is 412 g/mol. The highest BCUT2D eigenvalue weighted by Gasteiger charge is 2.19. The van der Waals surface area contributed by atoms with Crippen LogP contribution in [0.15, 0.2) is 39.9 Å². The zero-order chi connectivity index (χ0) is 21.4. The van der Waals surface area contributed by atoms with Crippen LogP contribution < -0.4 is 10.6 Å². The predicted molar refractivity (Wildman–Crippen MR) is 122 cm³/mol. The summed E-state index contributed by atoms with van der Waals surface area (Å²) in [5.41, 5.74) is 2.62. The third kappa shape index (κ3) is 6.59. The van der Waals surface area contributed by atoms with Crippen molar-refractivity contribution in [2.75, 3.05) is 19.6 Å². The first-order chi connectivity index (χ1) is 14.5. The summed E-state index contributed by atoms with van der Waals surface area (Å²) in [5, 5.41) is 6.67. The molecule has 0 aliphatic carbocycles. The van der Waals surface area contributed by atoms with Crippen LogP contribution >= 0.6 is 0 Å². The van der Waals surface area contributed by atoms with E-state index in [-0.39, 0.29) is 5.41 Å². The molecule has 1 aliphatic rings. The maximum absolute atomic E-state index is 5.88. The van der Waals surface area contributed by atoms with E-state index in [0.29, 0.717) is 19.0 Å². The molecule has 1 saturated heterocycles. The molecule has 1 fully saturated rings. The van der Waals surface area contributed by atoms with Gasteiger partial charge in [0.05, 0.1) is 19.3 Å². The van der Waals surface area contributed by atoms with E-state index < -0.39 is 0 Å². The summed E-state index contributed by atoms with van der Waals surface area (Å²) in [6.07, 6.45) is 5.80. The Balaban J connectivity index is 1.62. The van der Waals surface area contributed by atoms with E-state index in [0.717, 1.165) is 24.8 Å². The van der Waals surface area contributed by atoms with E-state index in [1.165, 1.54) is 43.5 Å². The number of nitrogens with zero attached hydrogens (tertiary/aromatic N) is 3. The molecule has 0 amide bonds. The lowest BCUT2D eigenvalue weighted by Gasteiger charge is -2.27. The first kappa shape index (κ1) is 22.3. The van der Waals surface area contributed by atoms with Crippen LogP contribution in [0.25, 0.3) is 0 Å². The number of aliphatic imine (C=N–C) groups is 1. The number of oxazole rings is 1. The summed E-state index contributed by atoms with van der Waals surface area (Å²) >= 11 is 0. The molecule has 30 heavy (non-hydrogen) atoms. The Hall–Kier alpha value is -2.34. The fourth-order valence-corrected chi connectivity index (χ4v) is 3.63. The molecule has 1 aromatic carbocycles. The molecule has 0 spiro atoms. The first-order valence-electron chi connectivity index (χ1n) is 11.2. The van der Waals surface area contributed by atoms with E-state index in [1.54, 1.807) is 0 Å². The minimum Gasteiger partial charge on any atom is -0.443 e. The van der Waals surface area contributed by atoms with Gasteiger partial charge in [0, 0.05) is 18.5 Å². The highest BCUT2D eigenvalue weighted by Crippen LogP contribution is 2.22. The monoisotopic (exact) mass is 411 g/mol. The Bertz CT molecular complexity index is 815. The van der Waals surface area contributed by atoms with Crippen LogP contribution in [-0.4, -0.2) is 35.5 Å². The third-order valence-electron chi connectivity index (χ3n) is 5.41. The summed E-state index contributed by atoms with van der Waals surface area (Å²) in [6, 6.07) is 8.66. The normalized spacial score (nSPS) is 15.9. The maximum atomic E-state index is 5.88. The zero-order valence-corrected chi connectivity index (χ0v) is 19.0. The lowest BCUT2D eigenvalue weighted by atomic mass is 9.94. The number of rotatable bonds is 7. The van der Waals surface area contributed by atoms with Gasteiger partial charge < -0.3 is 15.1 Å². The van der Waals surface area contributed by atoms with E-state index in [4.69, 9.17) is 9.41 Å². The van der Waals surface area contributed by atoms with Gasteiger partial charge in [-0.25, -0.2) is 9.98 Å². The van der Waals surface area contributed by atoms with Gasteiger partial charge in [-0.1, -0.05) is 51.5 Å². The first-order valence-corrected chi connectivity index (χ1v) is 11.2. The minimum absolute atomic E-state index is 0.0398. The van der Waals surface area contributed by atoms with Gasteiger partial charge in [-0.2, -0.15) is 0 Å². The Morgan fingerprint density at radius 1 is 1.10 bits per heavy atom. The van der Waals surface area contributed by atoms with Crippen molar-refractivity contribution in [3.05, 3.63) is 53.2 Å². The van der Waals surface area contributed by atoms with Crippen LogP contribution in [-0.2, 0) is 25.0 Å². The summed E-state index contributed by atoms with van der Waals surface area (Å²) in [5.74, 6) is 2.35. The second kappa shape index (κ2) is 10.6. The van der Waals surface area contributed by atoms with Gasteiger partial charge in [0.2, 0.25) is 5.89 Å². The molecule has 2 N–H and O–H groups in total. The van der Waals surface area contributed by atoms with Crippen molar-refractivity contribution in [3.8, 4) is 0 Å². The van der Waals surface area contributed by atoms with Crippen molar-refractivity contribution in [1.29, 1.82) is 0 Å². The van der Waals surface area contributed by atoms with Gasteiger partial charge in [-0.15, -0.1) is 0 Å². The molecule has 1 aromatic heterocycles. The van der Waals surface area contributed by atoms with Gasteiger partial charge >= 0.3 is 0 Å². The van der Waals surface area contributed by atoms with Crippen LogP contribution in [0.3, 0.4) is 0 Å². The number of piperidine rings is 1. The fraction of sp³-hybridized carbons (Fsp3) is 0.583. The number of benzene rings is 1. The molecule has 0 atom stereocenters. The predicted octanol–water partition coefficient (Wildman–Crippen LogP) is 4.21. The van der Waals surface area contributed by atoms with Crippen molar-refractivity contribution >= 4 is 5.96 Å².